The first-order valence-electron chi connectivity index (χ1n) is 13.6. The Balaban J connectivity index is 1.73. The standard InChI is InChI=1S/C31H35BrClN3O4S/c1-22-18-26(33)16-17-28(22)36(41(2,39)40)21-30(37)35(20-24-12-14-25(32)15-13-24)29(19-23-8-4-3-5-9-23)31(38)34-27-10-6-7-11-27/h3-5,8-9,12-18,27,29H,6-7,10-11,19-21H2,1-2H3,(H,34,38)/t29-/m1/s1. The summed E-state index contributed by atoms with van der Waals surface area (Å²) in [5.41, 5.74) is 2.71. The average Bonchev–Trinajstić information content (AvgIpc) is 3.43. The Kier molecular flexibility index (Phi) is 10.5. The number of amides is 2. The lowest BCUT2D eigenvalue weighted by Gasteiger charge is -2.34. The van der Waals surface area contributed by atoms with Gasteiger partial charge in [-0.1, -0.05) is 82.8 Å². The molecular formula is C31H35BrClN3O4S. The zero-order valence-corrected chi connectivity index (χ0v) is 26.4. The van der Waals surface area contributed by atoms with Crippen molar-refractivity contribution >= 4 is 55.1 Å². The fourth-order valence-electron chi connectivity index (χ4n) is 5.20. The van der Waals surface area contributed by atoms with E-state index in [1.807, 2.05) is 54.6 Å². The van der Waals surface area contributed by atoms with Crippen LogP contribution < -0.4 is 9.62 Å². The largest absolute Gasteiger partial charge is 0.352 e. The maximum absolute atomic E-state index is 14.2. The number of anilines is 1. The minimum Gasteiger partial charge on any atom is -0.352 e. The van der Waals surface area contributed by atoms with E-state index in [2.05, 4.69) is 21.2 Å². The molecule has 2 amide bonds. The summed E-state index contributed by atoms with van der Waals surface area (Å²) in [7, 11) is -3.85. The lowest BCUT2D eigenvalue weighted by Crippen LogP contribution is -2.54. The SMILES string of the molecule is Cc1cc(Cl)ccc1N(CC(=O)N(Cc1ccc(Br)cc1)[C@H](Cc1ccccc1)C(=O)NC1CCCC1)S(C)(=O)=O. The van der Waals surface area contributed by atoms with Gasteiger partial charge in [0.1, 0.15) is 12.6 Å². The van der Waals surface area contributed by atoms with Gasteiger partial charge in [-0.25, -0.2) is 8.42 Å². The molecule has 0 radical (unpaired) electrons. The Hall–Kier alpha value is -2.88. The summed E-state index contributed by atoms with van der Waals surface area (Å²) < 4.78 is 27.9. The third-order valence-corrected chi connectivity index (χ3v) is 9.24. The van der Waals surface area contributed by atoms with Gasteiger partial charge in [-0.15, -0.1) is 0 Å². The molecular weight excluding hydrogens is 626 g/mol. The Morgan fingerprint density at radius 3 is 2.27 bits per heavy atom. The van der Waals surface area contributed by atoms with Crippen molar-refractivity contribution in [2.45, 2.75) is 57.7 Å². The number of nitrogens with zero attached hydrogens (tertiary/aromatic N) is 2. The van der Waals surface area contributed by atoms with Gasteiger partial charge in [0.25, 0.3) is 0 Å². The summed E-state index contributed by atoms with van der Waals surface area (Å²) in [5, 5.41) is 3.64. The van der Waals surface area contributed by atoms with Gasteiger partial charge < -0.3 is 10.2 Å². The molecule has 218 valence electrons. The summed E-state index contributed by atoms with van der Waals surface area (Å²) in [4.78, 5) is 29.6. The molecule has 0 heterocycles. The number of hydrogen-bond donors (Lipinski definition) is 1. The predicted octanol–water partition coefficient (Wildman–Crippen LogP) is 5.88. The van der Waals surface area contributed by atoms with Crippen LogP contribution in [0.5, 0.6) is 0 Å². The third-order valence-electron chi connectivity index (χ3n) is 7.35. The molecule has 7 nitrogen and oxygen atoms in total. The van der Waals surface area contributed by atoms with Crippen LogP contribution in [0.4, 0.5) is 5.69 Å². The molecule has 0 unspecified atom stereocenters. The molecule has 1 aliphatic carbocycles. The molecule has 1 aliphatic rings. The Labute approximate surface area is 256 Å². The molecule has 1 atom stereocenters. The summed E-state index contributed by atoms with van der Waals surface area (Å²) in [6, 6.07) is 21.2. The third kappa shape index (κ3) is 8.56. The molecule has 0 aromatic heterocycles. The van der Waals surface area contributed by atoms with Crippen molar-refractivity contribution in [2.75, 3.05) is 17.1 Å². The summed E-state index contributed by atoms with van der Waals surface area (Å²) >= 11 is 9.58. The number of sulfonamides is 1. The maximum Gasteiger partial charge on any atom is 0.244 e. The van der Waals surface area contributed by atoms with Gasteiger partial charge in [-0.05, 0) is 66.8 Å². The first kappa shape index (κ1) is 31.1. The molecule has 4 rings (SSSR count). The average molecular weight is 661 g/mol. The maximum atomic E-state index is 14.2. The molecule has 0 saturated heterocycles. The van der Waals surface area contributed by atoms with Crippen LogP contribution >= 0.6 is 27.5 Å². The van der Waals surface area contributed by atoms with Crippen LogP contribution in [0.15, 0.2) is 77.3 Å². The van der Waals surface area contributed by atoms with E-state index in [1.54, 1.807) is 25.1 Å². The van der Waals surface area contributed by atoms with E-state index in [4.69, 9.17) is 11.6 Å². The van der Waals surface area contributed by atoms with Crippen molar-refractivity contribution in [3.8, 4) is 0 Å². The monoisotopic (exact) mass is 659 g/mol. The van der Waals surface area contributed by atoms with Crippen LogP contribution in [0, 0.1) is 6.92 Å². The molecule has 41 heavy (non-hydrogen) atoms. The highest BCUT2D eigenvalue weighted by molar-refractivity contribution is 9.10. The first-order valence-corrected chi connectivity index (χ1v) is 16.7. The molecule has 0 aliphatic heterocycles. The Morgan fingerprint density at radius 2 is 1.66 bits per heavy atom. The molecule has 0 spiro atoms. The van der Waals surface area contributed by atoms with Crippen molar-refractivity contribution in [3.63, 3.8) is 0 Å². The van der Waals surface area contributed by atoms with E-state index >= 15 is 0 Å². The number of rotatable bonds is 11. The van der Waals surface area contributed by atoms with E-state index in [0.29, 0.717) is 22.7 Å². The predicted molar refractivity (Wildman–Crippen MR) is 167 cm³/mol. The molecule has 1 saturated carbocycles. The lowest BCUT2D eigenvalue weighted by molar-refractivity contribution is -0.140. The van der Waals surface area contributed by atoms with Gasteiger partial charge in [0.05, 0.1) is 11.9 Å². The van der Waals surface area contributed by atoms with E-state index in [-0.39, 0.29) is 18.5 Å². The fourth-order valence-corrected chi connectivity index (χ4v) is 6.60. The number of halogens is 2. The second-order valence-electron chi connectivity index (χ2n) is 10.5. The zero-order valence-electron chi connectivity index (χ0n) is 23.2. The van der Waals surface area contributed by atoms with Gasteiger partial charge in [0.15, 0.2) is 0 Å². The highest BCUT2D eigenvalue weighted by atomic mass is 79.9. The van der Waals surface area contributed by atoms with Gasteiger partial charge in [-0.3, -0.25) is 13.9 Å². The number of carbonyl (C=O) groups excluding carboxylic acids is 2. The lowest BCUT2D eigenvalue weighted by atomic mass is 10.0. The van der Waals surface area contributed by atoms with E-state index in [0.717, 1.165) is 51.8 Å². The first-order chi connectivity index (χ1) is 19.5. The molecule has 0 bridgehead atoms. The van der Waals surface area contributed by atoms with Crippen LogP contribution in [-0.4, -0.2) is 50.0 Å². The normalized spacial score (nSPS) is 14.4. The number of nitrogens with one attached hydrogen (secondary N) is 1. The van der Waals surface area contributed by atoms with Crippen LogP contribution in [0.3, 0.4) is 0 Å². The Morgan fingerprint density at radius 1 is 1.00 bits per heavy atom. The van der Waals surface area contributed by atoms with Gasteiger partial charge in [-0.2, -0.15) is 0 Å². The zero-order chi connectivity index (χ0) is 29.6. The van der Waals surface area contributed by atoms with Gasteiger partial charge in [0.2, 0.25) is 21.8 Å². The number of hydrogen-bond acceptors (Lipinski definition) is 4. The number of aryl methyl sites for hydroxylation is 1. The van der Waals surface area contributed by atoms with Crippen molar-refractivity contribution in [3.05, 3.63) is 99.0 Å². The van der Waals surface area contributed by atoms with Crippen LogP contribution in [0.25, 0.3) is 0 Å². The molecule has 1 N–H and O–H groups in total. The van der Waals surface area contributed by atoms with Crippen molar-refractivity contribution in [1.82, 2.24) is 10.2 Å². The molecule has 3 aromatic carbocycles. The summed E-state index contributed by atoms with van der Waals surface area (Å²) in [6.07, 6.45) is 5.28. The van der Waals surface area contributed by atoms with Crippen LogP contribution in [0.2, 0.25) is 5.02 Å². The van der Waals surface area contributed by atoms with Crippen LogP contribution in [-0.2, 0) is 32.6 Å². The Bertz CT molecular complexity index is 1460. The molecule has 1 fully saturated rings. The topological polar surface area (TPSA) is 86.8 Å². The van der Waals surface area contributed by atoms with Gasteiger partial charge >= 0.3 is 0 Å². The molecule has 10 heteroatoms. The smallest absolute Gasteiger partial charge is 0.244 e. The van der Waals surface area contributed by atoms with Gasteiger partial charge in [0, 0.05) is 28.5 Å². The summed E-state index contributed by atoms with van der Waals surface area (Å²) in [5.74, 6) is -0.713. The van der Waals surface area contributed by atoms with E-state index < -0.39 is 28.5 Å². The minimum atomic E-state index is -3.85. The number of benzene rings is 3. The highest BCUT2D eigenvalue weighted by Gasteiger charge is 2.34. The highest BCUT2D eigenvalue weighted by Crippen LogP contribution is 2.27. The van der Waals surface area contributed by atoms with E-state index in [9.17, 15) is 18.0 Å². The van der Waals surface area contributed by atoms with Crippen LogP contribution in [0.1, 0.15) is 42.4 Å². The second-order valence-corrected chi connectivity index (χ2v) is 13.8. The van der Waals surface area contributed by atoms with E-state index in [1.165, 1.54) is 4.90 Å². The van der Waals surface area contributed by atoms with Crippen molar-refractivity contribution in [2.24, 2.45) is 0 Å². The quantitative estimate of drug-likeness (QED) is 0.279. The van der Waals surface area contributed by atoms with Crippen molar-refractivity contribution in [1.29, 1.82) is 0 Å². The fraction of sp³-hybridized carbons (Fsp3) is 0.355. The minimum absolute atomic E-state index is 0.0645. The second kappa shape index (κ2) is 13.9. The molecule has 3 aromatic rings. The van der Waals surface area contributed by atoms with Crippen molar-refractivity contribution < 1.29 is 18.0 Å². The summed E-state index contributed by atoms with van der Waals surface area (Å²) in [6.45, 7) is 1.43. The number of carbonyl (C=O) groups is 2.